The van der Waals surface area contributed by atoms with E-state index in [0.717, 1.165) is 0 Å². The zero-order valence-corrected chi connectivity index (χ0v) is 8.42. The summed E-state index contributed by atoms with van der Waals surface area (Å²) in [6.07, 6.45) is 1.60. The lowest BCUT2D eigenvalue weighted by Crippen LogP contribution is -2.14. The van der Waals surface area contributed by atoms with Crippen LogP contribution in [0.5, 0.6) is 0 Å². The van der Waals surface area contributed by atoms with Crippen molar-refractivity contribution in [1.29, 1.82) is 0 Å². The van der Waals surface area contributed by atoms with E-state index in [4.69, 9.17) is 5.73 Å². The third-order valence-corrected chi connectivity index (χ3v) is 1.91. The maximum atomic E-state index is 11.7. The molecule has 2 aromatic rings. The van der Waals surface area contributed by atoms with Gasteiger partial charge in [0.1, 0.15) is 17.3 Å². The van der Waals surface area contributed by atoms with Crippen LogP contribution in [-0.2, 0) is 0 Å². The lowest BCUT2D eigenvalue weighted by molar-refractivity contribution is 0.102. The number of aromatic nitrogens is 2. The molecule has 2 rings (SSSR count). The number of hydrogen-bond acceptors (Lipinski definition) is 4. The fraction of sp³-hybridized carbons (Fsp3) is 0. The molecule has 0 aliphatic carbocycles. The van der Waals surface area contributed by atoms with Gasteiger partial charge in [-0.25, -0.2) is 9.97 Å². The minimum Gasteiger partial charge on any atom is -0.384 e. The summed E-state index contributed by atoms with van der Waals surface area (Å²) in [6.45, 7) is 0. The summed E-state index contributed by atoms with van der Waals surface area (Å²) < 4.78 is 0. The Bertz CT molecular complexity index is 498. The molecule has 80 valence electrons. The first-order chi connectivity index (χ1) is 7.75. The van der Waals surface area contributed by atoms with Gasteiger partial charge in [0.05, 0.1) is 0 Å². The van der Waals surface area contributed by atoms with Gasteiger partial charge in [-0.3, -0.25) is 4.79 Å². The molecule has 16 heavy (non-hydrogen) atoms. The Morgan fingerprint density at radius 3 is 2.75 bits per heavy atom. The van der Waals surface area contributed by atoms with E-state index in [-0.39, 0.29) is 11.6 Å². The Balaban J connectivity index is 2.15. The molecule has 5 heteroatoms. The van der Waals surface area contributed by atoms with Gasteiger partial charge in [0, 0.05) is 6.20 Å². The van der Waals surface area contributed by atoms with E-state index in [1.807, 2.05) is 0 Å². The fourth-order valence-electron chi connectivity index (χ4n) is 1.19. The summed E-state index contributed by atoms with van der Waals surface area (Å²) in [4.78, 5) is 19.6. The van der Waals surface area contributed by atoms with Crippen molar-refractivity contribution in [3.63, 3.8) is 0 Å². The largest absolute Gasteiger partial charge is 0.384 e. The molecule has 0 aliphatic rings. The van der Waals surface area contributed by atoms with Gasteiger partial charge >= 0.3 is 0 Å². The number of nitrogens with zero attached hydrogens (tertiary/aromatic N) is 2. The van der Waals surface area contributed by atoms with Gasteiger partial charge < -0.3 is 11.1 Å². The number of carbonyl (C=O) groups excluding carboxylic acids is 1. The van der Waals surface area contributed by atoms with Crippen LogP contribution in [0.3, 0.4) is 0 Å². The molecule has 3 N–H and O–H groups in total. The normalized spacial score (nSPS) is 9.75. The van der Waals surface area contributed by atoms with Crippen LogP contribution in [-0.4, -0.2) is 15.9 Å². The van der Waals surface area contributed by atoms with E-state index in [1.165, 1.54) is 0 Å². The molecule has 0 radical (unpaired) electrons. The van der Waals surface area contributed by atoms with E-state index in [2.05, 4.69) is 15.3 Å². The number of carbonyl (C=O) groups is 1. The molecule has 0 spiro atoms. The number of anilines is 2. The van der Waals surface area contributed by atoms with Crippen molar-refractivity contribution in [3.05, 3.63) is 48.3 Å². The minimum absolute atomic E-state index is 0.269. The summed E-state index contributed by atoms with van der Waals surface area (Å²) in [6, 6.07) is 10.1. The van der Waals surface area contributed by atoms with Crippen molar-refractivity contribution in [2.24, 2.45) is 0 Å². The third-order valence-electron chi connectivity index (χ3n) is 1.91. The van der Waals surface area contributed by atoms with Crippen molar-refractivity contribution >= 4 is 17.5 Å². The van der Waals surface area contributed by atoms with Gasteiger partial charge in [0.25, 0.3) is 5.91 Å². The number of hydrogen-bond donors (Lipinski definition) is 2. The van der Waals surface area contributed by atoms with Crippen LogP contribution in [0.2, 0.25) is 0 Å². The Morgan fingerprint density at radius 1 is 1.19 bits per heavy atom. The topological polar surface area (TPSA) is 80.9 Å². The van der Waals surface area contributed by atoms with Crippen LogP contribution in [0.1, 0.15) is 10.5 Å². The number of rotatable bonds is 2. The summed E-state index contributed by atoms with van der Waals surface area (Å²) in [5.41, 5.74) is 5.75. The Labute approximate surface area is 92.3 Å². The highest BCUT2D eigenvalue weighted by molar-refractivity contribution is 6.02. The van der Waals surface area contributed by atoms with Gasteiger partial charge in [-0.05, 0) is 24.3 Å². The summed E-state index contributed by atoms with van der Waals surface area (Å²) in [7, 11) is 0. The second kappa shape index (κ2) is 4.39. The van der Waals surface area contributed by atoms with Crippen molar-refractivity contribution in [2.75, 3.05) is 11.1 Å². The molecule has 2 heterocycles. The van der Waals surface area contributed by atoms with E-state index in [1.54, 1.807) is 42.6 Å². The molecular weight excluding hydrogens is 204 g/mol. The first-order valence-electron chi connectivity index (χ1n) is 4.70. The monoisotopic (exact) mass is 214 g/mol. The molecule has 0 saturated heterocycles. The van der Waals surface area contributed by atoms with Crippen LogP contribution in [0.15, 0.2) is 42.6 Å². The van der Waals surface area contributed by atoms with Gasteiger partial charge in [-0.1, -0.05) is 12.1 Å². The van der Waals surface area contributed by atoms with E-state index in [9.17, 15) is 4.79 Å². The Hall–Kier alpha value is -2.43. The van der Waals surface area contributed by atoms with Crippen LogP contribution in [0, 0.1) is 0 Å². The quantitative estimate of drug-likeness (QED) is 0.789. The molecule has 5 nitrogen and oxygen atoms in total. The predicted molar refractivity (Wildman–Crippen MR) is 60.8 cm³/mol. The first kappa shape index (κ1) is 10.1. The highest BCUT2D eigenvalue weighted by Gasteiger charge is 2.07. The maximum absolute atomic E-state index is 11.7. The SMILES string of the molecule is Nc1cccc(C(=O)Nc2ccccn2)n1. The van der Waals surface area contributed by atoms with E-state index < -0.39 is 0 Å². The minimum atomic E-state index is -0.328. The van der Waals surface area contributed by atoms with Crippen LogP contribution < -0.4 is 11.1 Å². The van der Waals surface area contributed by atoms with Gasteiger partial charge in [-0.15, -0.1) is 0 Å². The number of nitrogens with two attached hydrogens (primary N) is 1. The van der Waals surface area contributed by atoms with E-state index in [0.29, 0.717) is 11.6 Å². The van der Waals surface area contributed by atoms with Crippen molar-refractivity contribution < 1.29 is 4.79 Å². The standard InChI is InChI=1S/C11H10N4O/c12-9-5-3-4-8(14-9)11(16)15-10-6-1-2-7-13-10/h1-7H,(H2,12,14)(H,13,15,16). The summed E-state index contributed by atoms with van der Waals surface area (Å²) >= 11 is 0. The average molecular weight is 214 g/mol. The molecule has 0 bridgehead atoms. The van der Waals surface area contributed by atoms with Crippen LogP contribution in [0.25, 0.3) is 0 Å². The fourth-order valence-corrected chi connectivity index (χ4v) is 1.19. The second-order valence-corrected chi connectivity index (χ2v) is 3.12. The smallest absolute Gasteiger partial charge is 0.275 e. The predicted octanol–water partition coefficient (Wildman–Crippen LogP) is 1.31. The molecule has 0 aromatic carbocycles. The lowest BCUT2D eigenvalue weighted by atomic mass is 10.3. The Kier molecular flexibility index (Phi) is 2.77. The molecular formula is C11H10N4O. The van der Waals surface area contributed by atoms with Gasteiger partial charge in [0.2, 0.25) is 0 Å². The molecule has 0 saturated carbocycles. The zero-order valence-electron chi connectivity index (χ0n) is 8.42. The van der Waals surface area contributed by atoms with Crippen molar-refractivity contribution in [3.8, 4) is 0 Å². The van der Waals surface area contributed by atoms with Crippen LogP contribution in [0.4, 0.5) is 11.6 Å². The first-order valence-corrected chi connectivity index (χ1v) is 4.70. The highest BCUT2D eigenvalue weighted by Crippen LogP contribution is 2.05. The third kappa shape index (κ3) is 2.33. The number of nitrogen functional groups attached to an aromatic ring is 1. The molecule has 2 aromatic heterocycles. The van der Waals surface area contributed by atoms with Gasteiger partial charge in [-0.2, -0.15) is 0 Å². The van der Waals surface area contributed by atoms with Gasteiger partial charge in [0.15, 0.2) is 0 Å². The second-order valence-electron chi connectivity index (χ2n) is 3.12. The molecule has 0 atom stereocenters. The number of amides is 1. The summed E-state index contributed by atoms with van der Waals surface area (Å²) in [5.74, 6) is 0.469. The van der Waals surface area contributed by atoms with Crippen molar-refractivity contribution in [2.45, 2.75) is 0 Å². The molecule has 0 fully saturated rings. The van der Waals surface area contributed by atoms with Crippen molar-refractivity contribution in [1.82, 2.24) is 9.97 Å². The Morgan fingerprint density at radius 2 is 2.06 bits per heavy atom. The molecule has 0 aliphatic heterocycles. The lowest BCUT2D eigenvalue weighted by Gasteiger charge is -2.03. The number of pyridine rings is 2. The molecule has 1 amide bonds. The average Bonchev–Trinajstić information content (AvgIpc) is 2.30. The molecule has 0 unspecified atom stereocenters. The van der Waals surface area contributed by atoms with Crippen LogP contribution >= 0.6 is 0 Å². The summed E-state index contributed by atoms with van der Waals surface area (Å²) in [5, 5.41) is 2.62. The van der Waals surface area contributed by atoms with E-state index >= 15 is 0 Å². The number of nitrogens with one attached hydrogen (secondary N) is 1. The zero-order chi connectivity index (χ0) is 11.4. The highest BCUT2D eigenvalue weighted by atomic mass is 16.1. The maximum Gasteiger partial charge on any atom is 0.275 e.